The first-order valence-electron chi connectivity index (χ1n) is 5.11. The number of ether oxygens (including phenoxy) is 1. The van der Waals surface area contributed by atoms with Crippen LogP contribution < -0.4 is 0 Å². The Kier molecular flexibility index (Phi) is 2.45. The highest BCUT2D eigenvalue weighted by molar-refractivity contribution is 5.80. The fourth-order valence-corrected chi connectivity index (χ4v) is 2.60. The van der Waals surface area contributed by atoms with Gasteiger partial charge in [-0.15, -0.1) is 6.58 Å². The summed E-state index contributed by atoms with van der Waals surface area (Å²) in [6.45, 7) is 4.24. The van der Waals surface area contributed by atoms with Crippen LogP contribution in [0.15, 0.2) is 12.7 Å². The zero-order valence-corrected chi connectivity index (χ0v) is 8.24. The third kappa shape index (κ3) is 1.51. The molecule has 3 atom stereocenters. The number of rotatable bonds is 1. The lowest BCUT2D eigenvalue weighted by atomic mass is 9.64. The lowest BCUT2D eigenvalue weighted by molar-refractivity contribution is -0.186. The van der Waals surface area contributed by atoms with Crippen molar-refractivity contribution in [1.82, 2.24) is 0 Å². The molecular weight excluding hydrogens is 180 g/mol. The Hall–Kier alpha value is -0.670. The van der Waals surface area contributed by atoms with Crippen LogP contribution >= 0.6 is 0 Å². The summed E-state index contributed by atoms with van der Waals surface area (Å²) in [6, 6.07) is 0. The Bertz CT molecular complexity index is 261. The molecule has 14 heavy (non-hydrogen) atoms. The smallest absolute Gasteiger partial charge is 0.154 e. The molecule has 0 bridgehead atoms. The molecule has 0 aromatic rings. The first-order valence-corrected chi connectivity index (χ1v) is 5.11. The molecule has 2 fully saturated rings. The molecule has 1 aliphatic heterocycles. The van der Waals surface area contributed by atoms with Gasteiger partial charge < -0.3 is 9.84 Å². The molecule has 0 aromatic heterocycles. The van der Waals surface area contributed by atoms with E-state index in [4.69, 9.17) is 4.74 Å². The standard InChI is InChI=1S/C11H16O3/c1-2-11-6-9(12)4-3-8(11)5-10(13)14-7-11/h2,8,10,13H,1,3-7H2. The van der Waals surface area contributed by atoms with Gasteiger partial charge >= 0.3 is 0 Å². The van der Waals surface area contributed by atoms with Crippen LogP contribution in [-0.4, -0.2) is 23.8 Å². The van der Waals surface area contributed by atoms with E-state index in [2.05, 4.69) is 6.58 Å². The van der Waals surface area contributed by atoms with Crippen molar-refractivity contribution < 1.29 is 14.6 Å². The van der Waals surface area contributed by atoms with Crippen molar-refractivity contribution in [2.24, 2.45) is 11.3 Å². The minimum absolute atomic E-state index is 0.200. The molecule has 0 aromatic carbocycles. The minimum Gasteiger partial charge on any atom is -0.368 e. The van der Waals surface area contributed by atoms with Gasteiger partial charge in [-0.2, -0.15) is 0 Å². The van der Waals surface area contributed by atoms with Crippen molar-refractivity contribution in [3.05, 3.63) is 12.7 Å². The molecule has 2 rings (SSSR count). The number of hydrogen-bond donors (Lipinski definition) is 1. The molecule has 0 radical (unpaired) electrons. The highest BCUT2D eigenvalue weighted by Gasteiger charge is 2.45. The molecule has 1 N–H and O–H groups in total. The maximum Gasteiger partial charge on any atom is 0.154 e. The van der Waals surface area contributed by atoms with Crippen molar-refractivity contribution in [2.45, 2.75) is 32.0 Å². The van der Waals surface area contributed by atoms with E-state index in [1.165, 1.54) is 0 Å². The van der Waals surface area contributed by atoms with Crippen molar-refractivity contribution in [1.29, 1.82) is 0 Å². The van der Waals surface area contributed by atoms with Gasteiger partial charge in [-0.3, -0.25) is 4.79 Å². The van der Waals surface area contributed by atoms with E-state index in [0.29, 0.717) is 37.6 Å². The quantitative estimate of drug-likeness (QED) is 0.642. The Morgan fingerprint density at radius 3 is 3.14 bits per heavy atom. The Balaban J connectivity index is 2.19. The predicted molar refractivity (Wildman–Crippen MR) is 51.6 cm³/mol. The number of fused-ring (bicyclic) bond motifs is 1. The van der Waals surface area contributed by atoms with Crippen LogP contribution in [-0.2, 0) is 9.53 Å². The van der Waals surface area contributed by atoms with Gasteiger partial charge in [0.25, 0.3) is 0 Å². The zero-order valence-electron chi connectivity index (χ0n) is 8.24. The Morgan fingerprint density at radius 2 is 2.43 bits per heavy atom. The van der Waals surface area contributed by atoms with E-state index in [9.17, 15) is 9.90 Å². The van der Waals surface area contributed by atoms with Crippen LogP contribution in [0.1, 0.15) is 25.7 Å². The van der Waals surface area contributed by atoms with Crippen LogP contribution in [0.25, 0.3) is 0 Å². The van der Waals surface area contributed by atoms with Gasteiger partial charge in [-0.1, -0.05) is 6.08 Å². The fourth-order valence-electron chi connectivity index (χ4n) is 2.60. The maximum atomic E-state index is 11.4. The van der Waals surface area contributed by atoms with E-state index in [0.717, 1.165) is 6.42 Å². The predicted octanol–water partition coefficient (Wildman–Crippen LogP) is 1.27. The van der Waals surface area contributed by atoms with E-state index in [1.807, 2.05) is 6.08 Å². The molecular formula is C11H16O3. The van der Waals surface area contributed by atoms with Crippen LogP contribution in [0, 0.1) is 11.3 Å². The topological polar surface area (TPSA) is 46.5 Å². The summed E-state index contributed by atoms with van der Waals surface area (Å²) in [7, 11) is 0. The van der Waals surface area contributed by atoms with Gasteiger partial charge in [0.15, 0.2) is 6.29 Å². The molecule has 3 nitrogen and oxygen atoms in total. The molecule has 3 heteroatoms. The van der Waals surface area contributed by atoms with Crippen molar-refractivity contribution in [2.75, 3.05) is 6.61 Å². The summed E-state index contributed by atoms with van der Waals surface area (Å²) in [5.41, 5.74) is -0.200. The average Bonchev–Trinajstić information content (AvgIpc) is 2.19. The second-order valence-electron chi connectivity index (χ2n) is 4.39. The number of aliphatic hydroxyl groups excluding tert-OH is 1. The number of aliphatic hydroxyl groups is 1. The third-order valence-electron chi connectivity index (χ3n) is 3.55. The van der Waals surface area contributed by atoms with E-state index in [1.54, 1.807) is 0 Å². The van der Waals surface area contributed by atoms with Crippen LogP contribution in [0.3, 0.4) is 0 Å². The molecule has 0 spiro atoms. The summed E-state index contributed by atoms with van der Waals surface area (Å²) < 4.78 is 5.22. The van der Waals surface area contributed by atoms with Gasteiger partial charge in [-0.05, 0) is 12.3 Å². The first kappa shape index (κ1) is 9.87. The van der Waals surface area contributed by atoms with Gasteiger partial charge in [0.05, 0.1) is 6.61 Å². The number of Topliss-reactive ketones (excluding diaryl/α,β-unsaturated/α-hetero) is 1. The lowest BCUT2D eigenvalue weighted by Crippen LogP contribution is -2.46. The second kappa shape index (κ2) is 3.48. The number of carbonyl (C=O) groups excluding carboxylic acids is 1. The summed E-state index contributed by atoms with van der Waals surface area (Å²) >= 11 is 0. The zero-order chi connectivity index (χ0) is 10.2. The second-order valence-corrected chi connectivity index (χ2v) is 4.39. The summed E-state index contributed by atoms with van der Waals surface area (Å²) in [6.07, 6.45) is 3.88. The van der Waals surface area contributed by atoms with Gasteiger partial charge in [-0.25, -0.2) is 0 Å². The average molecular weight is 196 g/mol. The minimum atomic E-state index is -0.652. The Morgan fingerprint density at radius 1 is 1.64 bits per heavy atom. The summed E-state index contributed by atoms with van der Waals surface area (Å²) in [5, 5.41) is 9.38. The molecule has 1 aliphatic carbocycles. The van der Waals surface area contributed by atoms with Gasteiger partial charge in [0.2, 0.25) is 0 Å². The fraction of sp³-hybridized carbons (Fsp3) is 0.727. The van der Waals surface area contributed by atoms with Crippen molar-refractivity contribution in [3.8, 4) is 0 Å². The highest BCUT2D eigenvalue weighted by atomic mass is 16.6. The molecule has 1 heterocycles. The third-order valence-corrected chi connectivity index (χ3v) is 3.55. The maximum absolute atomic E-state index is 11.4. The SMILES string of the molecule is C=CC12COC(O)CC1CCC(=O)C2. The van der Waals surface area contributed by atoms with Crippen molar-refractivity contribution in [3.63, 3.8) is 0 Å². The van der Waals surface area contributed by atoms with Crippen molar-refractivity contribution >= 4 is 5.78 Å². The summed E-state index contributed by atoms with van der Waals surface area (Å²) in [4.78, 5) is 11.4. The molecule has 3 unspecified atom stereocenters. The molecule has 0 amide bonds. The monoisotopic (exact) mass is 196 g/mol. The van der Waals surface area contributed by atoms with Gasteiger partial charge in [0.1, 0.15) is 5.78 Å². The van der Waals surface area contributed by atoms with E-state index in [-0.39, 0.29) is 5.41 Å². The summed E-state index contributed by atoms with van der Waals surface area (Å²) in [5.74, 6) is 0.655. The first-order chi connectivity index (χ1) is 6.66. The number of hydrogen-bond acceptors (Lipinski definition) is 3. The van der Waals surface area contributed by atoms with Gasteiger partial charge in [0, 0.05) is 24.7 Å². The molecule has 2 aliphatic rings. The molecule has 1 saturated heterocycles. The number of carbonyl (C=O) groups is 1. The lowest BCUT2D eigenvalue weighted by Gasteiger charge is -2.45. The van der Waals surface area contributed by atoms with E-state index < -0.39 is 6.29 Å². The largest absolute Gasteiger partial charge is 0.368 e. The van der Waals surface area contributed by atoms with E-state index >= 15 is 0 Å². The van der Waals surface area contributed by atoms with Crippen LogP contribution in [0.5, 0.6) is 0 Å². The molecule has 78 valence electrons. The van der Waals surface area contributed by atoms with Crippen LogP contribution in [0.2, 0.25) is 0 Å². The molecule has 1 saturated carbocycles. The van der Waals surface area contributed by atoms with Crippen LogP contribution in [0.4, 0.5) is 0 Å². The highest BCUT2D eigenvalue weighted by Crippen LogP contribution is 2.46. The normalized spacial score (nSPS) is 43.1. The Labute approximate surface area is 83.8 Å². The number of ketones is 1.